The summed E-state index contributed by atoms with van der Waals surface area (Å²) >= 11 is 0. The molecular formula is C9H20NO5S+. The second kappa shape index (κ2) is 8.26. The third-order valence-electron chi connectivity index (χ3n) is 1.34. The second-order valence-corrected chi connectivity index (χ2v) is 4.64. The highest BCUT2D eigenvalue weighted by Crippen LogP contribution is 1.94. The monoisotopic (exact) mass is 254 g/mol. The molecule has 0 aromatic carbocycles. The Morgan fingerprint density at radius 2 is 1.75 bits per heavy atom. The van der Waals surface area contributed by atoms with Crippen molar-refractivity contribution in [2.45, 2.75) is 6.92 Å². The smallest absolute Gasteiger partial charge is 0.333 e. The number of thiol groups is 1. The van der Waals surface area contributed by atoms with E-state index in [9.17, 15) is 4.79 Å². The van der Waals surface area contributed by atoms with Crippen LogP contribution >= 0.6 is 0 Å². The van der Waals surface area contributed by atoms with E-state index in [2.05, 4.69) is 27.7 Å². The van der Waals surface area contributed by atoms with Crippen LogP contribution in [0.1, 0.15) is 6.92 Å². The molecular weight excluding hydrogens is 234 g/mol. The molecule has 0 unspecified atom stereocenters. The summed E-state index contributed by atoms with van der Waals surface area (Å²) in [6.45, 7) is 6.41. The van der Waals surface area contributed by atoms with Gasteiger partial charge in [-0.3, -0.25) is 4.55 Å². The number of carbonyl (C=O) groups excluding carboxylic acids is 1. The first-order valence-corrected chi connectivity index (χ1v) is 5.65. The lowest BCUT2D eigenvalue weighted by Gasteiger charge is -2.23. The summed E-state index contributed by atoms with van der Waals surface area (Å²) < 4.78 is 29.9. The minimum atomic E-state index is -3.12. The number of quaternary nitrogens is 1. The van der Waals surface area contributed by atoms with Gasteiger partial charge in [-0.2, -0.15) is 0 Å². The molecule has 0 aromatic heterocycles. The predicted molar refractivity (Wildman–Crippen MR) is 61.6 cm³/mol. The Morgan fingerprint density at radius 1 is 1.38 bits per heavy atom. The van der Waals surface area contributed by atoms with Crippen molar-refractivity contribution in [3.63, 3.8) is 0 Å². The van der Waals surface area contributed by atoms with E-state index in [1.807, 2.05) is 0 Å². The lowest BCUT2D eigenvalue weighted by atomic mass is 10.4. The lowest BCUT2D eigenvalue weighted by Crippen LogP contribution is -2.38. The maximum atomic E-state index is 10.9. The van der Waals surface area contributed by atoms with Crippen molar-refractivity contribution in [2.75, 3.05) is 34.3 Å². The molecule has 0 saturated carbocycles. The van der Waals surface area contributed by atoms with Crippen molar-refractivity contribution in [2.24, 2.45) is 0 Å². The molecule has 0 heterocycles. The minimum Gasteiger partial charge on any atom is -0.456 e. The summed E-state index contributed by atoms with van der Waals surface area (Å²) in [6.07, 6.45) is 0. The average Bonchev–Trinajstić information content (AvgIpc) is 2.00. The highest BCUT2D eigenvalue weighted by molar-refractivity contribution is 7.66. The normalized spacial score (nSPS) is 10.4. The van der Waals surface area contributed by atoms with Crippen molar-refractivity contribution in [1.82, 2.24) is 0 Å². The fraction of sp³-hybridized carbons (Fsp3) is 0.667. The molecule has 0 bridgehead atoms. The molecule has 1 N–H and O–H groups in total. The molecule has 7 heteroatoms. The number of esters is 1. The Hall–Kier alpha value is -0.920. The number of likely N-dealkylation sites (N-methyl/N-ethyl adjacent to an activating group) is 1. The fourth-order valence-electron chi connectivity index (χ4n) is 0.535. The van der Waals surface area contributed by atoms with Gasteiger partial charge in [0.15, 0.2) is 0 Å². The van der Waals surface area contributed by atoms with Crippen molar-refractivity contribution in [1.29, 1.82) is 0 Å². The van der Waals surface area contributed by atoms with Crippen LogP contribution in [0.2, 0.25) is 0 Å². The van der Waals surface area contributed by atoms with E-state index in [-0.39, 0.29) is 5.97 Å². The maximum absolute atomic E-state index is 10.9. The van der Waals surface area contributed by atoms with Gasteiger partial charge < -0.3 is 9.22 Å². The summed E-state index contributed by atoms with van der Waals surface area (Å²) in [5.74, 6) is -0.302. The Morgan fingerprint density at radius 3 is 2.00 bits per heavy atom. The molecule has 0 radical (unpaired) electrons. The third kappa shape index (κ3) is 18.8. The lowest BCUT2D eigenvalue weighted by molar-refractivity contribution is -0.870. The predicted octanol–water partition coefficient (Wildman–Crippen LogP) is -0.117. The molecule has 96 valence electrons. The first-order valence-electron chi connectivity index (χ1n) is 4.52. The number of rotatable bonds is 4. The zero-order valence-corrected chi connectivity index (χ0v) is 11.0. The van der Waals surface area contributed by atoms with Gasteiger partial charge in [0, 0.05) is 5.57 Å². The molecule has 0 atom stereocenters. The molecule has 0 fully saturated rings. The Balaban J connectivity index is 0. The van der Waals surface area contributed by atoms with Gasteiger partial charge in [0.2, 0.25) is 0 Å². The molecule has 0 aromatic rings. The zero-order chi connectivity index (χ0) is 13.4. The van der Waals surface area contributed by atoms with Crippen molar-refractivity contribution >= 4 is 17.0 Å². The quantitative estimate of drug-likeness (QED) is 0.240. The van der Waals surface area contributed by atoms with Crippen LogP contribution in [0.15, 0.2) is 12.2 Å². The van der Waals surface area contributed by atoms with E-state index in [0.29, 0.717) is 12.2 Å². The Bertz CT molecular complexity index is 296. The number of hydrogen-bond acceptors (Lipinski definition) is 4. The highest BCUT2D eigenvalue weighted by Gasteiger charge is 2.09. The van der Waals surface area contributed by atoms with Gasteiger partial charge in [-0.1, -0.05) is 6.58 Å². The molecule has 0 saturated heterocycles. The van der Waals surface area contributed by atoms with Crippen molar-refractivity contribution in [3.05, 3.63) is 12.2 Å². The summed E-state index contributed by atoms with van der Waals surface area (Å²) in [4.78, 5) is 10.9. The van der Waals surface area contributed by atoms with Gasteiger partial charge in [0.05, 0.1) is 21.1 Å². The number of carbonyl (C=O) groups is 1. The van der Waals surface area contributed by atoms with Crippen molar-refractivity contribution in [3.8, 4) is 0 Å². The van der Waals surface area contributed by atoms with Gasteiger partial charge in [0.1, 0.15) is 13.2 Å². The van der Waals surface area contributed by atoms with Gasteiger partial charge in [-0.15, -0.1) is 0 Å². The summed E-state index contributed by atoms with van der Waals surface area (Å²) in [7, 11) is 3.03. The third-order valence-corrected chi connectivity index (χ3v) is 1.34. The van der Waals surface area contributed by atoms with Crippen LogP contribution < -0.4 is 0 Å². The van der Waals surface area contributed by atoms with Gasteiger partial charge >= 0.3 is 5.97 Å². The number of hydrogen-bond donors (Lipinski definition) is 2. The molecule has 0 aliphatic rings. The summed E-state index contributed by atoms with van der Waals surface area (Å²) in [6, 6.07) is 0. The van der Waals surface area contributed by atoms with Crippen molar-refractivity contribution < 1.29 is 27.0 Å². The van der Waals surface area contributed by atoms with E-state index in [1.54, 1.807) is 6.92 Å². The van der Waals surface area contributed by atoms with Crippen LogP contribution in [0.25, 0.3) is 0 Å². The van der Waals surface area contributed by atoms with Gasteiger partial charge in [-0.25, -0.2) is 13.2 Å². The van der Waals surface area contributed by atoms with Crippen LogP contribution in [0.4, 0.5) is 0 Å². The van der Waals surface area contributed by atoms with Crippen LogP contribution in [0, 0.1) is 0 Å². The molecule has 0 amide bonds. The van der Waals surface area contributed by atoms with E-state index in [0.717, 1.165) is 11.0 Å². The minimum absolute atomic E-state index is 0.302. The van der Waals surface area contributed by atoms with Crippen LogP contribution in [-0.4, -0.2) is 57.7 Å². The fourth-order valence-corrected chi connectivity index (χ4v) is 0.535. The topological polar surface area (TPSA) is 80.7 Å². The Kier molecular flexibility index (Phi) is 9.02. The SMILES string of the molecule is C=C(C)C(=O)OCC[N+](C)(C)C.O=[SH](=O)O. The standard InChI is InChI=1S/C9H18NO2.H2O3S/c1-8(2)9(11)12-7-6-10(3,4)5;1-4(2)3/h1,6-7H2,2-5H3;4H,(H,1,2,3)/q+1;. The first kappa shape index (κ1) is 17.5. The molecule has 0 rings (SSSR count). The van der Waals surface area contributed by atoms with E-state index >= 15 is 0 Å². The largest absolute Gasteiger partial charge is 0.456 e. The molecule has 16 heavy (non-hydrogen) atoms. The summed E-state index contributed by atoms with van der Waals surface area (Å²) in [5.41, 5.74) is 0.455. The second-order valence-electron chi connectivity index (χ2n) is 4.17. The Labute approximate surface area is 97.9 Å². The summed E-state index contributed by atoms with van der Waals surface area (Å²) in [5, 5.41) is 0. The van der Waals surface area contributed by atoms with E-state index in [1.165, 1.54) is 0 Å². The molecule has 0 spiro atoms. The van der Waals surface area contributed by atoms with Crippen LogP contribution in [-0.2, 0) is 20.5 Å². The average molecular weight is 254 g/mol. The zero-order valence-electron chi connectivity index (χ0n) is 10.1. The highest BCUT2D eigenvalue weighted by atomic mass is 32.2. The van der Waals surface area contributed by atoms with Crippen LogP contribution in [0.5, 0.6) is 0 Å². The molecule has 0 aliphatic carbocycles. The van der Waals surface area contributed by atoms with Gasteiger partial charge in [0.25, 0.3) is 11.0 Å². The van der Waals surface area contributed by atoms with Crippen LogP contribution in [0.3, 0.4) is 0 Å². The molecule has 0 aliphatic heterocycles. The number of nitrogens with zero attached hydrogens (tertiary/aromatic N) is 1. The number of ether oxygens (including phenoxy) is 1. The van der Waals surface area contributed by atoms with E-state index in [4.69, 9.17) is 17.7 Å². The first-order chi connectivity index (χ1) is 7.06. The maximum Gasteiger partial charge on any atom is 0.333 e. The van der Waals surface area contributed by atoms with Gasteiger partial charge in [-0.05, 0) is 6.92 Å². The van der Waals surface area contributed by atoms with E-state index < -0.39 is 11.0 Å². The molecule has 6 nitrogen and oxygen atoms in total.